The summed E-state index contributed by atoms with van der Waals surface area (Å²) < 4.78 is 5.14. The topological polar surface area (TPSA) is 68.0 Å². The average Bonchev–Trinajstić information content (AvgIpc) is 3.26. The van der Waals surface area contributed by atoms with Crippen LogP contribution in [0, 0.1) is 13.8 Å². The van der Waals surface area contributed by atoms with Gasteiger partial charge in [0.15, 0.2) is 5.13 Å². The van der Waals surface area contributed by atoms with Gasteiger partial charge >= 0.3 is 0 Å². The number of carbonyl (C=O) groups excluding carboxylic acids is 1. The van der Waals surface area contributed by atoms with Gasteiger partial charge in [-0.25, -0.2) is 4.98 Å². The van der Waals surface area contributed by atoms with Gasteiger partial charge in [0, 0.05) is 22.9 Å². The van der Waals surface area contributed by atoms with Crippen molar-refractivity contribution < 1.29 is 9.32 Å². The van der Waals surface area contributed by atoms with Crippen LogP contribution >= 0.6 is 11.3 Å². The molecule has 136 valence electrons. The fraction of sp³-hybridized carbons (Fsp3) is 0.190. The maximum absolute atomic E-state index is 12.3. The molecule has 0 spiro atoms. The first-order valence-electron chi connectivity index (χ1n) is 8.76. The van der Waals surface area contributed by atoms with Gasteiger partial charge in [-0.05, 0) is 37.1 Å². The number of fused-ring (bicyclic) bond motifs is 1. The number of nitrogens with one attached hydrogen (secondary N) is 1. The quantitative estimate of drug-likeness (QED) is 0.523. The van der Waals surface area contributed by atoms with E-state index >= 15 is 0 Å². The molecular formula is C21H19N3O2S. The number of benzene rings is 2. The second-order valence-corrected chi connectivity index (χ2v) is 7.31. The Labute approximate surface area is 161 Å². The van der Waals surface area contributed by atoms with E-state index in [1.807, 2.05) is 31.4 Å². The molecule has 4 aromatic rings. The third-order valence-electron chi connectivity index (χ3n) is 4.58. The lowest BCUT2D eigenvalue weighted by Crippen LogP contribution is -2.12. The van der Waals surface area contributed by atoms with Crippen LogP contribution in [0.5, 0.6) is 0 Å². The van der Waals surface area contributed by atoms with E-state index in [1.165, 1.54) is 22.1 Å². The van der Waals surface area contributed by atoms with Gasteiger partial charge in [0.25, 0.3) is 0 Å². The van der Waals surface area contributed by atoms with Crippen LogP contribution < -0.4 is 5.32 Å². The predicted octanol–water partition coefficient (Wildman–Crippen LogP) is 5.14. The van der Waals surface area contributed by atoms with Gasteiger partial charge in [-0.15, -0.1) is 11.3 Å². The van der Waals surface area contributed by atoms with E-state index in [1.54, 1.807) is 0 Å². The first-order chi connectivity index (χ1) is 13.1. The fourth-order valence-electron chi connectivity index (χ4n) is 3.09. The van der Waals surface area contributed by atoms with Crippen LogP contribution in [0.3, 0.4) is 0 Å². The molecule has 0 aliphatic rings. The van der Waals surface area contributed by atoms with E-state index in [4.69, 9.17) is 4.52 Å². The SMILES string of the molecule is Cc1noc(C)c1CCC(=O)Nc1nc(-c2ccc3ccccc3c2)cs1. The van der Waals surface area contributed by atoms with E-state index in [2.05, 4.69) is 45.8 Å². The summed E-state index contributed by atoms with van der Waals surface area (Å²) in [7, 11) is 0. The molecule has 0 bridgehead atoms. The summed E-state index contributed by atoms with van der Waals surface area (Å²) in [6, 6.07) is 14.5. The zero-order valence-corrected chi connectivity index (χ0v) is 16.0. The van der Waals surface area contributed by atoms with E-state index in [9.17, 15) is 4.79 Å². The second kappa shape index (κ2) is 7.32. The number of aryl methyl sites for hydroxylation is 2. The molecule has 0 aliphatic carbocycles. The molecule has 4 rings (SSSR count). The van der Waals surface area contributed by atoms with Crippen LogP contribution in [0.2, 0.25) is 0 Å². The van der Waals surface area contributed by atoms with Crippen LogP contribution in [0.15, 0.2) is 52.4 Å². The van der Waals surface area contributed by atoms with Crippen molar-refractivity contribution in [3.63, 3.8) is 0 Å². The van der Waals surface area contributed by atoms with Gasteiger partial charge < -0.3 is 9.84 Å². The lowest BCUT2D eigenvalue weighted by Gasteiger charge is -2.02. The summed E-state index contributed by atoms with van der Waals surface area (Å²) in [6.07, 6.45) is 0.976. The van der Waals surface area contributed by atoms with Gasteiger partial charge in [-0.1, -0.05) is 41.6 Å². The maximum Gasteiger partial charge on any atom is 0.226 e. The summed E-state index contributed by atoms with van der Waals surface area (Å²) in [5.41, 5.74) is 3.75. The number of nitrogens with zero attached hydrogens (tertiary/aromatic N) is 2. The number of thiazole rings is 1. The molecule has 1 N–H and O–H groups in total. The third-order valence-corrected chi connectivity index (χ3v) is 5.34. The highest BCUT2D eigenvalue weighted by atomic mass is 32.1. The Morgan fingerprint density at radius 3 is 2.74 bits per heavy atom. The molecule has 0 fully saturated rings. The van der Waals surface area contributed by atoms with Crippen LogP contribution in [0.1, 0.15) is 23.4 Å². The van der Waals surface area contributed by atoms with Gasteiger partial charge in [0.05, 0.1) is 11.4 Å². The Kier molecular flexibility index (Phi) is 4.73. The number of carbonyl (C=O) groups is 1. The molecule has 0 atom stereocenters. The second-order valence-electron chi connectivity index (χ2n) is 6.45. The minimum Gasteiger partial charge on any atom is -0.361 e. The van der Waals surface area contributed by atoms with Gasteiger partial charge in [0.1, 0.15) is 5.76 Å². The number of hydrogen-bond donors (Lipinski definition) is 1. The van der Waals surface area contributed by atoms with Crippen molar-refractivity contribution in [1.29, 1.82) is 0 Å². The maximum atomic E-state index is 12.3. The summed E-state index contributed by atoms with van der Waals surface area (Å²) in [4.78, 5) is 16.8. The van der Waals surface area contributed by atoms with Crippen LogP contribution in [0.4, 0.5) is 5.13 Å². The van der Waals surface area contributed by atoms with Crippen molar-refractivity contribution in [2.75, 3.05) is 5.32 Å². The molecule has 0 aliphatic heterocycles. The molecule has 6 heteroatoms. The van der Waals surface area contributed by atoms with Crippen LogP contribution in [0.25, 0.3) is 22.0 Å². The summed E-state index contributed by atoms with van der Waals surface area (Å²) in [5.74, 6) is 0.711. The number of rotatable bonds is 5. The Balaban J connectivity index is 1.43. The average molecular weight is 377 g/mol. The summed E-state index contributed by atoms with van der Waals surface area (Å²) in [6.45, 7) is 3.75. The molecule has 0 saturated carbocycles. The molecular weight excluding hydrogens is 358 g/mol. The first-order valence-corrected chi connectivity index (χ1v) is 9.64. The summed E-state index contributed by atoms with van der Waals surface area (Å²) in [5, 5.41) is 11.8. The zero-order valence-electron chi connectivity index (χ0n) is 15.2. The molecule has 2 aromatic carbocycles. The standard InChI is InChI=1S/C21H19N3O2S/c1-13-18(14(2)26-24-13)9-10-20(25)23-21-22-19(12-27-21)17-8-7-15-5-3-4-6-16(15)11-17/h3-8,11-12H,9-10H2,1-2H3,(H,22,23,25). The van der Waals surface area contributed by atoms with Crippen molar-refractivity contribution in [3.8, 4) is 11.3 Å². The predicted molar refractivity (Wildman–Crippen MR) is 108 cm³/mol. The van der Waals surface area contributed by atoms with E-state index in [-0.39, 0.29) is 5.91 Å². The Morgan fingerprint density at radius 1 is 1.15 bits per heavy atom. The Hall–Kier alpha value is -2.99. The van der Waals surface area contributed by atoms with Crippen molar-refractivity contribution in [1.82, 2.24) is 10.1 Å². The molecule has 1 amide bonds. The minimum absolute atomic E-state index is 0.0607. The molecule has 27 heavy (non-hydrogen) atoms. The van der Waals surface area contributed by atoms with Gasteiger partial charge in [0.2, 0.25) is 5.91 Å². The Bertz CT molecular complexity index is 1090. The molecule has 2 heterocycles. The van der Waals surface area contributed by atoms with E-state index in [0.29, 0.717) is 18.0 Å². The first kappa shape index (κ1) is 17.4. The number of hydrogen-bond acceptors (Lipinski definition) is 5. The molecule has 0 unspecified atom stereocenters. The lowest BCUT2D eigenvalue weighted by atomic mass is 10.1. The lowest BCUT2D eigenvalue weighted by molar-refractivity contribution is -0.116. The Morgan fingerprint density at radius 2 is 1.96 bits per heavy atom. The molecule has 5 nitrogen and oxygen atoms in total. The minimum atomic E-state index is -0.0607. The van der Waals surface area contributed by atoms with Gasteiger partial charge in [-0.3, -0.25) is 4.79 Å². The highest BCUT2D eigenvalue weighted by molar-refractivity contribution is 7.14. The third kappa shape index (κ3) is 3.75. The van der Waals surface area contributed by atoms with Crippen LogP contribution in [-0.4, -0.2) is 16.0 Å². The highest BCUT2D eigenvalue weighted by Crippen LogP contribution is 2.28. The van der Waals surface area contributed by atoms with Crippen molar-refractivity contribution in [2.45, 2.75) is 26.7 Å². The number of aromatic nitrogens is 2. The molecule has 0 radical (unpaired) electrons. The number of anilines is 1. The van der Waals surface area contributed by atoms with E-state index in [0.717, 1.165) is 28.3 Å². The molecule has 2 aromatic heterocycles. The highest BCUT2D eigenvalue weighted by Gasteiger charge is 2.13. The van der Waals surface area contributed by atoms with Crippen LogP contribution in [-0.2, 0) is 11.2 Å². The zero-order chi connectivity index (χ0) is 18.8. The molecule has 0 saturated heterocycles. The van der Waals surface area contributed by atoms with Crippen molar-refractivity contribution in [3.05, 3.63) is 64.9 Å². The normalized spacial score (nSPS) is 11.0. The smallest absolute Gasteiger partial charge is 0.226 e. The van der Waals surface area contributed by atoms with Crippen molar-refractivity contribution in [2.24, 2.45) is 0 Å². The monoisotopic (exact) mass is 377 g/mol. The largest absolute Gasteiger partial charge is 0.361 e. The van der Waals surface area contributed by atoms with Crippen molar-refractivity contribution >= 4 is 33.1 Å². The van der Waals surface area contributed by atoms with E-state index < -0.39 is 0 Å². The fourth-order valence-corrected chi connectivity index (χ4v) is 3.83. The summed E-state index contributed by atoms with van der Waals surface area (Å²) >= 11 is 1.43. The number of amides is 1. The van der Waals surface area contributed by atoms with Gasteiger partial charge in [-0.2, -0.15) is 0 Å².